The first-order valence-electron chi connectivity index (χ1n) is 22.6. The van der Waals surface area contributed by atoms with Gasteiger partial charge >= 0.3 is 30.8 Å². The van der Waals surface area contributed by atoms with Crippen molar-refractivity contribution >= 4 is 22.1 Å². The SMILES string of the molecule is CCCCCCCCCCCCCCCCCCCCC(C(=O)O)C(CCCCCCCCCCCCCCCCCCCC)(C(=O)O)S(=O)(=O)O.[H-].[Li+]. The molecule has 312 valence electrons. The van der Waals surface area contributed by atoms with Crippen molar-refractivity contribution in [3.8, 4) is 0 Å². The van der Waals surface area contributed by atoms with Crippen LogP contribution in [-0.4, -0.2) is 39.9 Å². The van der Waals surface area contributed by atoms with E-state index in [1.807, 2.05) is 0 Å². The summed E-state index contributed by atoms with van der Waals surface area (Å²) in [5.74, 6) is -4.89. The van der Waals surface area contributed by atoms with E-state index in [0.717, 1.165) is 44.9 Å². The average Bonchev–Trinajstić information content (AvgIpc) is 3.10. The molecule has 0 rings (SSSR count). The molecule has 0 spiro atoms. The van der Waals surface area contributed by atoms with Crippen molar-refractivity contribution in [2.45, 2.75) is 263 Å². The first kappa shape index (κ1) is 54.5. The van der Waals surface area contributed by atoms with Crippen molar-refractivity contribution < 1.29 is 53.1 Å². The molecule has 2 atom stereocenters. The summed E-state index contributed by atoms with van der Waals surface area (Å²) in [5.41, 5.74) is 0. The number of rotatable bonds is 42. The maximum Gasteiger partial charge on any atom is 1.00 e. The van der Waals surface area contributed by atoms with Crippen molar-refractivity contribution in [3.63, 3.8) is 0 Å². The standard InChI is InChI=1S/C44H86O7S.Li.H/c1-3-5-7-9-11-13-15-17-19-21-23-25-27-29-31-33-35-37-39-41(42(45)46)44(43(47)48,52(49,50)51)40-38-36-34-32-30-28-26-24-22-20-18-16-14-12-10-8-6-4-2;;/h41H,3-40H2,1-2H3,(H,45,46)(H,47,48)(H,49,50,51);;/q;+1;-1. The van der Waals surface area contributed by atoms with E-state index >= 15 is 0 Å². The van der Waals surface area contributed by atoms with E-state index in [0.29, 0.717) is 12.8 Å². The minimum atomic E-state index is -5.15. The fourth-order valence-corrected chi connectivity index (χ4v) is 9.15. The summed E-state index contributed by atoms with van der Waals surface area (Å²) in [5, 5.41) is 20.0. The van der Waals surface area contributed by atoms with E-state index in [4.69, 9.17) is 0 Å². The van der Waals surface area contributed by atoms with Gasteiger partial charge in [0.05, 0.1) is 5.92 Å². The molecule has 2 unspecified atom stereocenters. The van der Waals surface area contributed by atoms with Crippen LogP contribution in [0.5, 0.6) is 0 Å². The van der Waals surface area contributed by atoms with Gasteiger partial charge in [-0.1, -0.05) is 245 Å². The molecule has 0 fully saturated rings. The molecule has 0 aliphatic carbocycles. The molecule has 0 aromatic rings. The third-order valence-electron chi connectivity index (χ3n) is 11.4. The summed E-state index contributed by atoms with van der Waals surface area (Å²) in [6, 6.07) is 0. The van der Waals surface area contributed by atoms with Gasteiger partial charge in [-0.15, -0.1) is 0 Å². The summed E-state index contributed by atoms with van der Waals surface area (Å²) in [6.07, 6.45) is 42.1. The van der Waals surface area contributed by atoms with Crippen LogP contribution < -0.4 is 18.9 Å². The molecule has 7 nitrogen and oxygen atoms in total. The minimum Gasteiger partial charge on any atom is -1.00 e. The first-order valence-corrected chi connectivity index (χ1v) is 24.0. The molecular weight excluding hydrogens is 679 g/mol. The van der Waals surface area contributed by atoms with Crippen LogP contribution in [0.4, 0.5) is 0 Å². The molecule has 0 aromatic heterocycles. The van der Waals surface area contributed by atoms with E-state index in [1.165, 1.54) is 167 Å². The second-order valence-corrected chi connectivity index (χ2v) is 17.8. The van der Waals surface area contributed by atoms with Crippen molar-refractivity contribution in [3.05, 3.63) is 0 Å². The molecule has 0 radical (unpaired) electrons. The molecule has 0 amide bonds. The Kier molecular flexibility index (Phi) is 39.4. The fourth-order valence-electron chi connectivity index (χ4n) is 7.94. The van der Waals surface area contributed by atoms with Gasteiger partial charge < -0.3 is 11.6 Å². The molecule has 3 N–H and O–H groups in total. The number of hydrogen-bond donors (Lipinski definition) is 3. The van der Waals surface area contributed by atoms with E-state index in [-0.39, 0.29) is 39.5 Å². The Hall–Kier alpha value is -0.553. The summed E-state index contributed by atoms with van der Waals surface area (Å²) in [6.45, 7) is 4.51. The summed E-state index contributed by atoms with van der Waals surface area (Å²) in [4.78, 5) is 24.7. The Bertz CT molecular complexity index is 936. The fraction of sp³-hybridized carbons (Fsp3) is 0.955. The van der Waals surface area contributed by atoms with E-state index in [2.05, 4.69) is 13.8 Å². The largest absolute Gasteiger partial charge is 1.00 e. The van der Waals surface area contributed by atoms with Crippen LogP contribution in [0.3, 0.4) is 0 Å². The molecule has 0 heterocycles. The predicted molar refractivity (Wildman–Crippen MR) is 221 cm³/mol. The maximum atomic E-state index is 12.6. The molecular formula is C44H87LiO7S. The van der Waals surface area contributed by atoms with Crippen molar-refractivity contribution in [2.75, 3.05) is 0 Å². The van der Waals surface area contributed by atoms with E-state index < -0.39 is 32.7 Å². The third kappa shape index (κ3) is 29.4. The van der Waals surface area contributed by atoms with Crippen molar-refractivity contribution in [2.24, 2.45) is 5.92 Å². The van der Waals surface area contributed by atoms with Gasteiger partial charge in [-0.25, -0.2) is 0 Å². The summed E-state index contributed by atoms with van der Waals surface area (Å²) < 4.78 is 32.5. The number of unbranched alkanes of at least 4 members (excludes halogenated alkanes) is 34. The number of aliphatic carboxylic acids is 2. The normalized spacial score (nSPS) is 13.4. The van der Waals surface area contributed by atoms with Gasteiger partial charge in [-0.3, -0.25) is 14.1 Å². The van der Waals surface area contributed by atoms with Crippen LogP contribution in [0.2, 0.25) is 0 Å². The van der Waals surface area contributed by atoms with Crippen LogP contribution >= 0.6 is 0 Å². The van der Waals surface area contributed by atoms with Gasteiger partial charge in [0.15, 0.2) is 0 Å². The van der Waals surface area contributed by atoms with Crippen molar-refractivity contribution in [1.82, 2.24) is 0 Å². The molecule has 0 aromatic carbocycles. The Morgan fingerprint density at radius 1 is 0.453 bits per heavy atom. The summed E-state index contributed by atoms with van der Waals surface area (Å²) >= 11 is 0. The smallest absolute Gasteiger partial charge is 1.00 e. The second kappa shape index (κ2) is 38.3. The summed E-state index contributed by atoms with van der Waals surface area (Å²) in [7, 11) is -5.15. The Balaban J connectivity index is -0.0000130. The molecule has 0 aliphatic heterocycles. The van der Waals surface area contributed by atoms with Gasteiger partial charge in [-0.2, -0.15) is 8.42 Å². The topological polar surface area (TPSA) is 129 Å². The van der Waals surface area contributed by atoms with Gasteiger partial charge in [-0.05, 0) is 12.8 Å². The molecule has 53 heavy (non-hydrogen) atoms. The number of carboxylic acid groups (broad SMARTS) is 2. The monoisotopic (exact) mass is 767 g/mol. The predicted octanol–water partition coefficient (Wildman–Crippen LogP) is 11.4. The van der Waals surface area contributed by atoms with E-state index in [1.54, 1.807) is 0 Å². The van der Waals surface area contributed by atoms with Crippen LogP contribution in [0, 0.1) is 5.92 Å². The molecule has 0 saturated carbocycles. The quantitative estimate of drug-likeness (QED) is 0.0320. The van der Waals surface area contributed by atoms with Crippen LogP contribution in [0.15, 0.2) is 0 Å². The third-order valence-corrected chi connectivity index (χ3v) is 13.0. The zero-order valence-electron chi connectivity index (χ0n) is 36.3. The Morgan fingerprint density at radius 3 is 0.887 bits per heavy atom. The van der Waals surface area contributed by atoms with Gasteiger partial charge in [0.1, 0.15) is 0 Å². The van der Waals surface area contributed by atoms with Crippen LogP contribution in [0.25, 0.3) is 0 Å². The molecule has 0 bridgehead atoms. The zero-order chi connectivity index (χ0) is 38.6. The first-order chi connectivity index (χ1) is 25.1. The molecule has 9 heteroatoms. The van der Waals surface area contributed by atoms with Gasteiger partial charge in [0.25, 0.3) is 10.1 Å². The Labute approximate surface area is 342 Å². The van der Waals surface area contributed by atoms with Gasteiger partial charge in [0.2, 0.25) is 4.75 Å². The number of carboxylic acids is 2. The number of hydrogen-bond acceptors (Lipinski definition) is 4. The number of carbonyl (C=O) groups is 2. The van der Waals surface area contributed by atoms with Gasteiger partial charge in [0, 0.05) is 0 Å². The molecule has 0 aliphatic rings. The minimum absolute atomic E-state index is 0. The molecule has 0 saturated heterocycles. The van der Waals surface area contributed by atoms with Crippen LogP contribution in [-0.2, 0) is 19.7 Å². The average molecular weight is 767 g/mol. The van der Waals surface area contributed by atoms with Crippen molar-refractivity contribution in [1.29, 1.82) is 0 Å². The maximum absolute atomic E-state index is 12.6. The zero-order valence-corrected chi connectivity index (χ0v) is 36.1. The van der Waals surface area contributed by atoms with E-state index in [9.17, 15) is 32.8 Å². The second-order valence-electron chi connectivity index (χ2n) is 16.1. The van der Waals surface area contributed by atoms with Crippen LogP contribution in [0.1, 0.15) is 259 Å². The Morgan fingerprint density at radius 2 is 0.679 bits per heavy atom.